The van der Waals surface area contributed by atoms with Crippen LogP contribution in [0.1, 0.15) is 20.8 Å². The van der Waals surface area contributed by atoms with Crippen molar-refractivity contribution in [3.8, 4) is 0 Å². The lowest BCUT2D eigenvalue weighted by Gasteiger charge is -2.36. The second kappa shape index (κ2) is 6.46. The minimum atomic E-state index is 0.665. The van der Waals surface area contributed by atoms with Gasteiger partial charge in [-0.3, -0.25) is 0 Å². The third-order valence-corrected chi connectivity index (χ3v) is 3.65. The van der Waals surface area contributed by atoms with E-state index in [1.165, 1.54) is 39.3 Å². The Morgan fingerprint density at radius 2 is 1.60 bits per heavy atom. The average molecular weight is 213 g/mol. The Bertz CT molecular complexity index is 162. The van der Waals surface area contributed by atoms with Crippen LogP contribution in [-0.4, -0.2) is 55.6 Å². The molecule has 1 heterocycles. The first-order chi connectivity index (χ1) is 7.17. The van der Waals surface area contributed by atoms with E-state index in [4.69, 9.17) is 5.73 Å². The maximum atomic E-state index is 5.81. The van der Waals surface area contributed by atoms with Gasteiger partial charge in [-0.25, -0.2) is 0 Å². The molecule has 1 aliphatic heterocycles. The average Bonchev–Trinajstić information content (AvgIpc) is 2.26. The Labute approximate surface area is 94.6 Å². The molecule has 0 spiro atoms. The highest BCUT2D eigenvalue weighted by atomic mass is 15.3. The summed E-state index contributed by atoms with van der Waals surface area (Å²) in [5.74, 6) is 1.37. The van der Waals surface area contributed by atoms with Crippen LogP contribution in [0.15, 0.2) is 0 Å². The van der Waals surface area contributed by atoms with Gasteiger partial charge in [0.25, 0.3) is 0 Å². The fourth-order valence-electron chi connectivity index (χ4n) is 2.18. The number of hydrogen-bond donors (Lipinski definition) is 1. The molecule has 0 saturated carbocycles. The molecule has 2 N–H and O–H groups in total. The number of nitrogens with zero attached hydrogens (tertiary/aromatic N) is 2. The van der Waals surface area contributed by atoms with Crippen molar-refractivity contribution < 1.29 is 0 Å². The number of nitrogens with two attached hydrogens (primary N) is 1. The van der Waals surface area contributed by atoms with Crippen LogP contribution in [0.3, 0.4) is 0 Å². The lowest BCUT2D eigenvalue weighted by molar-refractivity contribution is 0.114. The van der Waals surface area contributed by atoms with Crippen molar-refractivity contribution in [2.75, 3.05) is 45.8 Å². The molecule has 3 heteroatoms. The summed E-state index contributed by atoms with van der Waals surface area (Å²) in [6.07, 6.45) is 0. The van der Waals surface area contributed by atoms with Crippen molar-refractivity contribution >= 4 is 0 Å². The summed E-state index contributed by atoms with van der Waals surface area (Å²) in [5.41, 5.74) is 5.81. The van der Waals surface area contributed by atoms with E-state index in [0.717, 1.165) is 6.54 Å². The van der Waals surface area contributed by atoms with Gasteiger partial charge in [-0.05, 0) is 24.9 Å². The van der Waals surface area contributed by atoms with Crippen molar-refractivity contribution in [2.45, 2.75) is 20.8 Å². The van der Waals surface area contributed by atoms with Crippen LogP contribution in [-0.2, 0) is 0 Å². The molecular weight excluding hydrogens is 186 g/mol. The van der Waals surface area contributed by atoms with E-state index in [0.29, 0.717) is 11.8 Å². The maximum absolute atomic E-state index is 5.81. The molecule has 0 aliphatic carbocycles. The lowest BCUT2D eigenvalue weighted by Crippen LogP contribution is -2.48. The van der Waals surface area contributed by atoms with Crippen molar-refractivity contribution in [3.63, 3.8) is 0 Å². The van der Waals surface area contributed by atoms with Crippen molar-refractivity contribution in [1.82, 2.24) is 9.80 Å². The molecule has 1 rings (SSSR count). The molecule has 0 amide bonds. The molecule has 0 aromatic carbocycles. The maximum Gasteiger partial charge on any atom is 0.0110 e. The normalized spacial score (nSPS) is 22.2. The molecule has 90 valence electrons. The Kier molecular flexibility index (Phi) is 5.58. The summed E-state index contributed by atoms with van der Waals surface area (Å²) in [6.45, 7) is 14.9. The zero-order valence-electron chi connectivity index (χ0n) is 10.6. The quantitative estimate of drug-likeness (QED) is 0.735. The van der Waals surface area contributed by atoms with Gasteiger partial charge in [0.05, 0.1) is 0 Å². The Hall–Kier alpha value is -0.120. The first-order valence-corrected chi connectivity index (χ1v) is 6.32. The molecule has 15 heavy (non-hydrogen) atoms. The van der Waals surface area contributed by atoms with E-state index < -0.39 is 0 Å². The molecule has 1 unspecified atom stereocenters. The number of piperazine rings is 1. The van der Waals surface area contributed by atoms with Crippen LogP contribution in [0, 0.1) is 11.8 Å². The molecule has 0 aromatic heterocycles. The summed E-state index contributed by atoms with van der Waals surface area (Å²) in [5, 5.41) is 0. The van der Waals surface area contributed by atoms with Crippen LogP contribution in [0.25, 0.3) is 0 Å². The van der Waals surface area contributed by atoms with E-state index in [2.05, 4.69) is 30.6 Å². The van der Waals surface area contributed by atoms with Gasteiger partial charge in [0.2, 0.25) is 0 Å². The van der Waals surface area contributed by atoms with E-state index in [9.17, 15) is 0 Å². The molecule has 1 fully saturated rings. The van der Waals surface area contributed by atoms with Gasteiger partial charge < -0.3 is 15.5 Å². The smallest absolute Gasteiger partial charge is 0.0110 e. The van der Waals surface area contributed by atoms with Gasteiger partial charge in [-0.2, -0.15) is 0 Å². The summed E-state index contributed by atoms with van der Waals surface area (Å²) in [6, 6.07) is 0. The Balaban J connectivity index is 2.28. The molecule has 0 radical (unpaired) electrons. The van der Waals surface area contributed by atoms with Crippen molar-refractivity contribution in [1.29, 1.82) is 0 Å². The summed E-state index contributed by atoms with van der Waals surface area (Å²) < 4.78 is 0. The molecule has 1 aliphatic rings. The van der Waals surface area contributed by atoms with Gasteiger partial charge in [-0.1, -0.05) is 20.8 Å². The Morgan fingerprint density at radius 3 is 2.00 bits per heavy atom. The monoisotopic (exact) mass is 213 g/mol. The Morgan fingerprint density at radius 1 is 1.07 bits per heavy atom. The second-order valence-corrected chi connectivity index (χ2v) is 4.97. The summed E-state index contributed by atoms with van der Waals surface area (Å²) in [4.78, 5) is 5.09. The topological polar surface area (TPSA) is 32.5 Å². The number of hydrogen-bond acceptors (Lipinski definition) is 3. The minimum Gasteiger partial charge on any atom is -0.330 e. The molecule has 3 nitrogen and oxygen atoms in total. The van der Waals surface area contributed by atoms with Gasteiger partial charge >= 0.3 is 0 Å². The van der Waals surface area contributed by atoms with Gasteiger partial charge in [-0.15, -0.1) is 0 Å². The molecule has 0 aromatic rings. The first kappa shape index (κ1) is 12.9. The van der Waals surface area contributed by atoms with E-state index in [1.807, 2.05) is 0 Å². The summed E-state index contributed by atoms with van der Waals surface area (Å²) >= 11 is 0. The van der Waals surface area contributed by atoms with Gasteiger partial charge in [0.1, 0.15) is 0 Å². The van der Waals surface area contributed by atoms with E-state index in [1.54, 1.807) is 0 Å². The standard InChI is InChI=1S/C12H27N3/c1-4-14-5-7-15(8-6-14)10-12(9-13)11(2)3/h11-12H,4-10,13H2,1-3H3. The van der Waals surface area contributed by atoms with Gasteiger partial charge in [0.15, 0.2) is 0 Å². The number of likely N-dealkylation sites (N-methyl/N-ethyl adjacent to an activating group) is 1. The molecule has 1 atom stereocenters. The largest absolute Gasteiger partial charge is 0.330 e. The predicted octanol–water partition coefficient (Wildman–Crippen LogP) is 0.855. The van der Waals surface area contributed by atoms with Crippen LogP contribution in [0.5, 0.6) is 0 Å². The van der Waals surface area contributed by atoms with Crippen LogP contribution in [0.2, 0.25) is 0 Å². The zero-order valence-corrected chi connectivity index (χ0v) is 10.6. The van der Waals surface area contributed by atoms with Crippen LogP contribution >= 0.6 is 0 Å². The summed E-state index contributed by atoms with van der Waals surface area (Å²) in [7, 11) is 0. The van der Waals surface area contributed by atoms with E-state index >= 15 is 0 Å². The highest BCUT2D eigenvalue weighted by Crippen LogP contribution is 2.12. The minimum absolute atomic E-state index is 0.665. The molecule has 0 bridgehead atoms. The second-order valence-electron chi connectivity index (χ2n) is 4.97. The van der Waals surface area contributed by atoms with Gasteiger partial charge in [0, 0.05) is 32.7 Å². The zero-order chi connectivity index (χ0) is 11.3. The number of rotatable bonds is 5. The highest BCUT2D eigenvalue weighted by molar-refractivity contribution is 4.75. The van der Waals surface area contributed by atoms with Crippen LogP contribution < -0.4 is 5.73 Å². The van der Waals surface area contributed by atoms with E-state index in [-0.39, 0.29) is 0 Å². The van der Waals surface area contributed by atoms with Crippen molar-refractivity contribution in [3.05, 3.63) is 0 Å². The predicted molar refractivity (Wildman–Crippen MR) is 65.9 cm³/mol. The molecule has 1 saturated heterocycles. The highest BCUT2D eigenvalue weighted by Gasteiger charge is 2.20. The third-order valence-electron chi connectivity index (χ3n) is 3.65. The molecular formula is C12H27N3. The fraction of sp³-hybridized carbons (Fsp3) is 1.00. The fourth-order valence-corrected chi connectivity index (χ4v) is 2.18. The van der Waals surface area contributed by atoms with Crippen LogP contribution in [0.4, 0.5) is 0 Å². The first-order valence-electron chi connectivity index (χ1n) is 6.32. The SMILES string of the molecule is CCN1CCN(CC(CN)C(C)C)CC1. The third kappa shape index (κ3) is 4.09. The lowest BCUT2D eigenvalue weighted by atomic mass is 9.95. The van der Waals surface area contributed by atoms with Crippen molar-refractivity contribution in [2.24, 2.45) is 17.6 Å².